The van der Waals surface area contributed by atoms with E-state index in [1.54, 1.807) is 4.90 Å². The van der Waals surface area contributed by atoms with Crippen LogP contribution in [0.4, 0.5) is 0 Å². The molecule has 0 bridgehead atoms. The molecule has 2 aromatic rings. The van der Waals surface area contributed by atoms with Crippen LogP contribution in [0, 0.1) is 12.3 Å². The number of aryl methyl sites for hydroxylation is 1. The average molecular weight is 374 g/mol. The molecule has 3 rings (SSSR count). The van der Waals surface area contributed by atoms with Gasteiger partial charge in [0.25, 0.3) is 5.91 Å². The number of aliphatic hydroxyl groups is 2. The van der Waals surface area contributed by atoms with Gasteiger partial charge in [-0.3, -0.25) is 4.79 Å². The van der Waals surface area contributed by atoms with E-state index in [0.717, 1.165) is 27.3 Å². The van der Waals surface area contributed by atoms with E-state index in [1.807, 2.05) is 38.1 Å². The third-order valence-corrected chi connectivity index (χ3v) is 6.67. The molecular formula is C21H27NO3S. The number of thiophene rings is 1. The zero-order chi connectivity index (χ0) is 18.7. The third-order valence-electron chi connectivity index (χ3n) is 5.40. The highest BCUT2D eigenvalue weighted by Gasteiger charge is 2.43. The van der Waals surface area contributed by atoms with E-state index in [0.29, 0.717) is 25.9 Å². The van der Waals surface area contributed by atoms with Crippen LogP contribution in [0.1, 0.15) is 41.4 Å². The summed E-state index contributed by atoms with van der Waals surface area (Å²) in [7, 11) is 0. The lowest BCUT2D eigenvalue weighted by atomic mass is 9.74. The lowest BCUT2D eigenvalue weighted by molar-refractivity contribution is -0.0719. The number of carbonyl (C=O) groups is 1. The second-order valence-electron chi connectivity index (χ2n) is 7.29. The van der Waals surface area contributed by atoms with Crippen molar-refractivity contribution < 1.29 is 15.0 Å². The molecule has 0 radical (unpaired) electrons. The van der Waals surface area contributed by atoms with E-state index in [-0.39, 0.29) is 12.5 Å². The number of amides is 1. The predicted molar refractivity (Wildman–Crippen MR) is 105 cm³/mol. The Labute approximate surface area is 159 Å². The molecule has 0 aliphatic carbocycles. The first-order valence-corrected chi connectivity index (χ1v) is 10.1. The SMILES string of the molecule is CCC[C@]1(CO)CN(C(=O)c2cc(C)c(-c3ccccc3)s2)CC[C@@H]1O. The number of likely N-dealkylation sites (tertiary alicyclic amines) is 1. The summed E-state index contributed by atoms with van der Waals surface area (Å²) >= 11 is 1.52. The van der Waals surface area contributed by atoms with Crippen molar-refractivity contribution in [3.8, 4) is 10.4 Å². The largest absolute Gasteiger partial charge is 0.396 e. The molecule has 0 spiro atoms. The van der Waals surface area contributed by atoms with Gasteiger partial charge in [0.05, 0.1) is 17.6 Å². The highest BCUT2D eigenvalue weighted by atomic mass is 32.1. The molecule has 1 aliphatic heterocycles. The fourth-order valence-electron chi connectivity index (χ4n) is 3.92. The first kappa shape index (κ1) is 19.1. The van der Waals surface area contributed by atoms with Gasteiger partial charge in [-0.2, -0.15) is 0 Å². The maximum absolute atomic E-state index is 13.1. The van der Waals surface area contributed by atoms with Crippen LogP contribution in [0.3, 0.4) is 0 Å². The van der Waals surface area contributed by atoms with Gasteiger partial charge in [0.2, 0.25) is 0 Å². The van der Waals surface area contributed by atoms with Crippen LogP contribution in [0.15, 0.2) is 36.4 Å². The van der Waals surface area contributed by atoms with Crippen LogP contribution in [-0.4, -0.2) is 46.8 Å². The number of aliphatic hydroxyl groups excluding tert-OH is 2. The van der Waals surface area contributed by atoms with Crippen molar-refractivity contribution in [2.75, 3.05) is 19.7 Å². The number of carbonyl (C=O) groups excluding carboxylic acids is 1. The van der Waals surface area contributed by atoms with Gasteiger partial charge in [0.15, 0.2) is 0 Å². The lowest BCUT2D eigenvalue weighted by Crippen LogP contribution is -2.55. The fourth-order valence-corrected chi connectivity index (χ4v) is 5.07. The molecule has 0 saturated carbocycles. The zero-order valence-electron chi connectivity index (χ0n) is 15.4. The van der Waals surface area contributed by atoms with Crippen LogP contribution in [-0.2, 0) is 0 Å². The van der Waals surface area contributed by atoms with Crippen LogP contribution in [0.5, 0.6) is 0 Å². The van der Waals surface area contributed by atoms with Gasteiger partial charge in [-0.05, 0) is 37.0 Å². The molecule has 1 amide bonds. The number of rotatable bonds is 5. The van der Waals surface area contributed by atoms with Gasteiger partial charge in [0, 0.05) is 23.4 Å². The van der Waals surface area contributed by atoms with Crippen LogP contribution >= 0.6 is 11.3 Å². The molecule has 0 unspecified atom stereocenters. The summed E-state index contributed by atoms with van der Waals surface area (Å²) in [6, 6.07) is 12.1. The van der Waals surface area contributed by atoms with Crippen molar-refractivity contribution in [3.63, 3.8) is 0 Å². The van der Waals surface area contributed by atoms with E-state index in [4.69, 9.17) is 0 Å². The molecule has 4 nitrogen and oxygen atoms in total. The van der Waals surface area contributed by atoms with Gasteiger partial charge in [-0.25, -0.2) is 0 Å². The summed E-state index contributed by atoms with van der Waals surface area (Å²) in [4.78, 5) is 16.7. The second-order valence-corrected chi connectivity index (χ2v) is 8.34. The molecule has 2 N–H and O–H groups in total. The quantitative estimate of drug-likeness (QED) is 0.840. The van der Waals surface area contributed by atoms with Crippen LogP contribution < -0.4 is 0 Å². The van der Waals surface area contributed by atoms with Crippen LogP contribution in [0.25, 0.3) is 10.4 Å². The van der Waals surface area contributed by atoms with E-state index >= 15 is 0 Å². The minimum Gasteiger partial charge on any atom is -0.396 e. The Bertz CT molecular complexity index is 758. The first-order valence-electron chi connectivity index (χ1n) is 9.25. The smallest absolute Gasteiger partial charge is 0.263 e. The molecule has 1 aromatic carbocycles. The molecule has 2 atom stereocenters. The summed E-state index contributed by atoms with van der Waals surface area (Å²) in [5.41, 5.74) is 1.62. The lowest BCUT2D eigenvalue weighted by Gasteiger charge is -2.45. The van der Waals surface area contributed by atoms with E-state index < -0.39 is 11.5 Å². The van der Waals surface area contributed by atoms with Gasteiger partial charge in [-0.15, -0.1) is 11.3 Å². The molecule has 140 valence electrons. The number of nitrogens with zero attached hydrogens (tertiary/aromatic N) is 1. The molecule has 1 fully saturated rings. The summed E-state index contributed by atoms with van der Waals surface area (Å²) in [5, 5.41) is 20.3. The number of hydrogen-bond acceptors (Lipinski definition) is 4. The minimum atomic E-state index is -0.600. The molecule has 1 aliphatic rings. The average Bonchev–Trinajstić information content (AvgIpc) is 3.05. The van der Waals surface area contributed by atoms with Crippen LogP contribution in [0.2, 0.25) is 0 Å². The van der Waals surface area contributed by atoms with Crippen molar-refractivity contribution in [2.45, 2.75) is 39.2 Å². The topological polar surface area (TPSA) is 60.8 Å². The normalized spacial score (nSPS) is 23.2. The molecule has 1 aromatic heterocycles. The highest BCUT2D eigenvalue weighted by molar-refractivity contribution is 7.17. The third kappa shape index (κ3) is 3.56. The monoisotopic (exact) mass is 373 g/mol. The molecular weight excluding hydrogens is 346 g/mol. The van der Waals surface area contributed by atoms with Gasteiger partial charge in [0.1, 0.15) is 0 Å². The Hall–Kier alpha value is -1.69. The summed E-state index contributed by atoms with van der Waals surface area (Å²) < 4.78 is 0. The minimum absolute atomic E-state index is 0.00103. The van der Waals surface area contributed by atoms with E-state index in [2.05, 4.69) is 12.1 Å². The predicted octanol–water partition coefficient (Wildman–Crippen LogP) is 3.71. The molecule has 5 heteroatoms. The standard InChI is InChI=1S/C21H27NO3S/c1-3-10-21(14-23)13-22(11-9-18(21)24)20(25)17-12-15(2)19(26-17)16-7-5-4-6-8-16/h4-8,12,18,23-24H,3,9-11,13-14H2,1-2H3/t18-,21+/m0/s1. The first-order chi connectivity index (χ1) is 12.5. The summed E-state index contributed by atoms with van der Waals surface area (Å²) in [6.07, 6.45) is 1.55. The van der Waals surface area contributed by atoms with Crippen molar-refractivity contribution in [1.82, 2.24) is 4.90 Å². The van der Waals surface area contributed by atoms with Gasteiger partial charge < -0.3 is 15.1 Å². The van der Waals surface area contributed by atoms with Gasteiger partial charge in [-0.1, -0.05) is 43.7 Å². The Kier molecular flexibility index (Phi) is 5.80. The summed E-state index contributed by atoms with van der Waals surface area (Å²) in [6.45, 7) is 4.92. The Morgan fingerprint density at radius 1 is 1.35 bits per heavy atom. The molecule has 2 heterocycles. The number of benzene rings is 1. The maximum atomic E-state index is 13.1. The van der Waals surface area contributed by atoms with E-state index in [9.17, 15) is 15.0 Å². The van der Waals surface area contributed by atoms with Crippen molar-refractivity contribution >= 4 is 17.2 Å². The summed E-state index contributed by atoms with van der Waals surface area (Å²) in [5.74, 6) is 0.00103. The number of hydrogen-bond donors (Lipinski definition) is 2. The number of piperidine rings is 1. The Morgan fingerprint density at radius 3 is 2.73 bits per heavy atom. The molecule has 26 heavy (non-hydrogen) atoms. The zero-order valence-corrected chi connectivity index (χ0v) is 16.3. The maximum Gasteiger partial charge on any atom is 0.263 e. The van der Waals surface area contributed by atoms with Crippen molar-refractivity contribution in [2.24, 2.45) is 5.41 Å². The fraction of sp³-hybridized carbons (Fsp3) is 0.476. The second kappa shape index (κ2) is 7.91. The molecule has 1 saturated heterocycles. The van der Waals surface area contributed by atoms with E-state index in [1.165, 1.54) is 11.3 Å². The van der Waals surface area contributed by atoms with Crippen molar-refractivity contribution in [3.05, 3.63) is 46.8 Å². The van der Waals surface area contributed by atoms with Crippen molar-refractivity contribution in [1.29, 1.82) is 0 Å². The Balaban J connectivity index is 1.84. The van der Waals surface area contributed by atoms with Gasteiger partial charge >= 0.3 is 0 Å². The Morgan fingerprint density at radius 2 is 2.08 bits per heavy atom. The highest BCUT2D eigenvalue weighted by Crippen LogP contribution is 2.37.